The molecule has 110 valence electrons. The van der Waals surface area contributed by atoms with Gasteiger partial charge in [-0.05, 0) is 36.4 Å². The van der Waals surface area contributed by atoms with E-state index in [0.717, 1.165) is 13.1 Å². The Bertz CT molecular complexity index is 659. The Hall–Kier alpha value is -2.68. The lowest BCUT2D eigenvalue weighted by Gasteiger charge is -2.32. The second kappa shape index (κ2) is 5.60. The highest BCUT2D eigenvalue weighted by Gasteiger charge is 2.34. The van der Waals surface area contributed by atoms with E-state index in [2.05, 4.69) is 87.6 Å². The SMILES string of the molecule is c1ccc(N2CCN(c3ccccc3)C2c2ccc[nH]2)cc1. The van der Waals surface area contributed by atoms with Crippen molar-refractivity contribution in [1.82, 2.24) is 4.98 Å². The van der Waals surface area contributed by atoms with Crippen molar-refractivity contribution in [2.24, 2.45) is 0 Å². The smallest absolute Gasteiger partial charge is 0.143 e. The summed E-state index contributed by atoms with van der Waals surface area (Å²) in [6, 6.07) is 25.5. The number of rotatable bonds is 3. The second-order valence-electron chi connectivity index (χ2n) is 5.56. The number of H-pyrrole nitrogens is 1. The first-order chi connectivity index (χ1) is 10.9. The third-order valence-corrected chi connectivity index (χ3v) is 4.25. The average molecular weight is 289 g/mol. The summed E-state index contributed by atoms with van der Waals surface area (Å²) in [5, 5.41) is 0. The summed E-state index contributed by atoms with van der Waals surface area (Å²) in [6.07, 6.45) is 2.21. The summed E-state index contributed by atoms with van der Waals surface area (Å²) in [7, 11) is 0. The molecule has 1 saturated heterocycles. The molecular weight excluding hydrogens is 270 g/mol. The molecular formula is C19H19N3. The number of aromatic nitrogens is 1. The van der Waals surface area contributed by atoms with E-state index in [9.17, 15) is 0 Å². The maximum absolute atomic E-state index is 3.40. The van der Waals surface area contributed by atoms with Crippen molar-refractivity contribution in [1.29, 1.82) is 0 Å². The van der Waals surface area contributed by atoms with Gasteiger partial charge in [-0.2, -0.15) is 0 Å². The van der Waals surface area contributed by atoms with Gasteiger partial charge in [0.15, 0.2) is 0 Å². The molecule has 3 heteroatoms. The van der Waals surface area contributed by atoms with Crippen LogP contribution in [-0.2, 0) is 0 Å². The van der Waals surface area contributed by atoms with Crippen molar-refractivity contribution < 1.29 is 0 Å². The summed E-state index contributed by atoms with van der Waals surface area (Å²) in [5.74, 6) is 0. The first kappa shape index (κ1) is 13.0. The van der Waals surface area contributed by atoms with Gasteiger partial charge >= 0.3 is 0 Å². The Balaban J connectivity index is 1.75. The van der Waals surface area contributed by atoms with E-state index in [0.29, 0.717) is 0 Å². The van der Waals surface area contributed by atoms with Gasteiger partial charge in [0, 0.05) is 30.7 Å². The van der Waals surface area contributed by atoms with Gasteiger partial charge in [0.1, 0.15) is 6.17 Å². The van der Waals surface area contributed by atoms with Crippen molar-refractivity contribution >= 4 is 11.4 Å². The minimum atomic E-state index is 0.208. The van der Waals surface area contributed by atoms with Gasteiger partial charge in [0.25, 0.3) is 0 Å². The van der Waals surface area contributed by atoms with Crippen LogP contribution in [0, 0.1) is 0 Å². The van der Waals surface area contributed by atoms with E-state index in [1.807, 2.05) is 6.20 Å². The van der Waals surface area contributed by atoms with Gasteiger partial charge < -0.3 is 14.8 Å². The molecule has 0 radical (unpaired) electrons. The molecule has 1 aliphatic rings. The van der Waals surface area contributed by atoms with Crippen LogP contribution in [0.5, 0.6) is 0 Å². The Morgan fingerprint density at radius 3 is 1.68 bits per heavy atom. The van der Waals surface area contributed by atoms with Gasteiger partial charge in [-0.15, -0.1) is 0 Å². The molecule has 3 aromatic rings. The molecule has 0 saturated carbocycles. The lowest BCUT2D eigenvalue weighted by molar-refractivity contribution is 0.698. The molecule has 4 rings (SSSR count). The van der Waals surface area contributed by atoms with Crippen molar-refractivity contribution in [3.63, 3.8) is 0 Å². The fourth-order valence-electron chi connectivity index (χ4n) is 3.25. The number of nitrogens with zero attached hydrogens (tertiary/aromatic N) is 2. The number of hydrogen-bond donors (Lipinski definition) is 1. The largest absolute Gasteiger partial charge is 0.362 e. The molecule has 0 unspecified atom stereocenters. The Kier molecular flexibility index (Phi) is 3.31. The molecule has 0 bridgehead atoms. The van der Waals surface area contributed by atoms with E-state index >= 15 is 0 Å². The van der Waals surface area contributed by atoms with E-state index in [1.54, 1.807) is 0 Å². The molecule has 2 aromatic carbocycles. The Morgan fingerprint density at radius 2 is 1.23 bits per heavy atom. The standard InChI is InChI=1S/C19H19N3/c1-3-8-16(9-4-1)21-14-15-22(17-10-5-2-6-11-17)19(21)18-12-7-13-20-18/h1-13,19-20H,14-15H2. The minimum absolute atomic E-state index is 0.208. The van der Waals surface area contributed by atoms with E-state index < -0.39 is 0 Å². The summed E-state index contributed by atoms with van der Waals surface area (Å²) in [5.41, 5.74) is 3.76. The monoisotopic (exact) mass is 289 g/mol. The van der Waals surface area contributed by atoms with Crippen LogP contribution in [0.15, 0.2) is 79.0 Å². The lowest BCUT2D eigenvalue weighted by atomic mass is 10.2. The number of aromatic amines is 1. The van der Waals surface area contributed by atoms with Crippen LogP contribution in [0.4, 0.5) is 11.4 Å². The second-order valence-corrected chi connectivity index (χ2v) is 5.56. The van der Waals surface area contributed by atoms with Crippen molar-refractivity contribution in [2.75, 3.05) is 22.9 Å². The summed E-state index contributed by atoms with van der Waals surface area (Å²) in [4.78, 5) is 8.31. The molecule has 2 heterocycles. The van der Waals surface area contributed by atoms with Crippen molar-refractivity contribution in [3.05, 3.63) is 84.7 Å². The van der Waals surface area contributed by atoms with E-state index in [1.165, 1.54) is 17.1 Å². The lowest BCUT2D eigenvalue weighted by Crippen LogP contribution is -2.31. The molecule has 0 spiro atoms. The van der Waals surface area contributed by atoms with E-state index in [-0.39, 0.29) is 6.17 Å². The third-order valence-electron chi connectivity index (χ3n) is 4.25. The summed E-state index contributed by atoms with van der Waals surface area (Å²) >= 11 is 0. The van der Waals surface area contributed by atoms with Crippen LogP contribution in [0.2, 0.25) is 0 Å². The van der Waals surface area contributed by atoms with Gasteiger partial charge in [0.2, 0.25) is 0 Å². The zero-order valence-electron chi connectivity index (χ0n) is 12.4. The quantitative estimate of drug-likeness (QED) is 0.786. The van der Waals surface area contributed by atoms with Crippen LogP contribution in [0.3, 0.4) is 0 Å². The zero-order valence-corrected chi connectivity index (χ0v) is 12.4. The molecule has 0 aliphatic carbocycles. The predicted molar refractivity (Wildman–Crippen MR) is 91.1 cm³/mol. The number of hydrogen-bond acceptors (Lipinski definition) is 2. The highest BCUT2D eigenvalue weighted by atomic mass is 15.4. The molecule has 1 fully saturated rings. The number of nitrogens with one attached hydrogen (secondary N) is 1. The maximum atomic E-state index is 3.40. The Morgan fingerprint density at radius 1 is 0.682 bits per heavy atom. The molecule has 1 N–H and O–H groups in total. The molecule has 3 nitrogen and oxygen atoms in total. The number of para-hydroxylation sites is 2. The fraction of sp³-hybridized carbons (Fsp3) is 0.158. The molecule has 1 aromatic heterocycles. The van der Waals surface area contributed by atoms with Crippen LogP contribution in [0.1, 0.15) is 11.9 Å². The first-order valence-corrected chi connectivity index (χ1v) is 7.70. The van der Waals surface area contributed by atoms with Crippen LogP contribution < -0.4 is 9.80 Å². The summed E-state index contributed by atoms with van der Waals surface area (Å²) < 4.78 is 0. The van der Waals surface area contributed by atoms with Crippen LogP contribution in [0.25, 0.3) is 0 Å². The zero-order chi connectivity index (χ0) is 14.8. The maximum Gasteiger partial charge on any atom is 0.143 e. The Labute approximate surface area is 130 Å². The first-order valence-electron chi connectivity index (χ1n) is 7.70. The van der Waals surface area contributed by atoms with Gasteiger partial charge in [0.05, 0.1) is 5.69 Å². The van der Waals surface area contributed by atoms with E-state index in [4.69, 9.17) is 0 Å². The fourth-order valence-corrected chi connectivity index (χ4v) is 3.25. The molecule has 0 atom stereocenters. The van der Waals surface area contributed by atoms with Crippen molar-refractivity contribution in [3.8, 4) is 0 Å². The summed E-state index contributed by atoms with van der Waals surface area (Å²) in [6.45, 7) is 2.03. The highest BCUT2D eigenvalue weighted by molar-refractivity contribution is 5.58. The van der Waals surface area contributed by atoms with Crippen LogP contribution in [-0.4, -0.2) is 18.1 Å². The van der Waals surface area contributed by atoms with Crippen molar-refractivity contribution in [2.45, 2.75) is 6.17 Å². The van der Waals surface area contributed by atoms with Gasteiger partial charge in [-0.25, -0.2) is 0 Å². The topological polar surface area (TPSA) is 22.3 Å². The van der Waals surface area contributed by atoms with Crippen LogP contribution >= 0.6 is 0 Å². The van der Waals surface area contributed by atoms with Gasteiger partial charge in [-0.1, -0.05) is 36.4 Å². The van der Waals surface area contributed by atoms with Gasteiger partial charge in [-0.3, -0.25) is 0 Å². The third kappa shape index (κ3) is 2.25. The molecule has 22 heavy (non-hydrogen) atoms. The minimum Gasteiger partial charge on any atom is -0.362 e. The number of benzene rings is 2. The molecule has 1 aliphatic heterocycles. The average Bonchev–Trinajstić information content (AvgIpc) is 3.25. The predicted octanol–water partition coefficient (Wildman–Crippen LogP) is 4.04. The molecule has 0 amide bonds. The highest BCUT2D eigenvalue weighted by Crippen LogP contribution is 2.36. The normalized spacial score (nSPS) is 15.5. The number of anilines is 2.